The van der Waals surface area contributed by atoms with Gasteiger partial charge in [-0.2, -0.15) is 0 Å². The molecule has 0 aromatic carbocycles. The van der Waals surface area contributed by atoms with Crippen molar-refractivity contribution < 1.29 is 9.90 Å². The van der Waals surface area contributed by atoms with Gasteiger partial charge < -0.3 is 10.4 Å². The van der Waals surface area contributed by atoms with Gasteiger partial charge in [0.1, 0.15) is 5.69 Å². The summed E-state index contributed by atoms with van der Waals surface area (Å²) in [6.45, 7) is 6.29. The van der Waals surface area contributed by atoms with Crippen LogP contribution in [0.1, 0.15) is 38.8 Å². The summed E-state index contributed by atoms with van der Waals surface area (Å²) in [4.78, 5) is 17.2. The minimum Gasteiger partial charge on any atom is -0.477 e. The Balaban J connectivity index is 2.12. The molecule has 1 atom stereocenters. The SMILES string of the molecule is Cc1cc(C(C)Nc2ccc(C(=O)O)nc2)c(C)s1. The highest BCUT2D eigenvalue weighted by atomic mass is 32.1. The van der Waals surface area contributed by atoms with Crippen molar-refractivity contribution in [2.24, 2.45) is 0 Å². The van der Waals surface area contributed by atoms with Gasteiger partial charge in [-0.05, 0) is 44.5 Å². The van der Waals surface area contributed by atoms with Gasteiger partial charge in [-0.15, -0.1) is 11.3 Å². The van der Waals surface area contributed by atoms with E-state index in [1.54, 1.807) is 23.6 Å². The van der Waals surface area contributed by atoms with E-state index in [1.165, 1.54) is 21.4 Å². The molecule has 0 spiro atoms. The maximum Gasteiger partial charge on any atom is 0.354 e. The number of hydrogen-bond acceptors (Lipinski definition) is 4. The van der Waals surface area contributed by atoms with Crippen molar-refractivity contribution in [2.75, 3.05) is 5.32 Å². The second-order valence-corrected chi connectivity index (χ2v) is 5.93. The van der Waals surface area contributed by atoms with E-state index in [0.717, 1.165) is 5.69 Å². The van der Waals surface area contributed by atoms with Crippen LogP contribution in [0.3, 0.4) is 0 Å². The van der Waals surface area contributed by atoms with E-state index in [4.69, 9.17) is 5.11 Å². The summed E-state index contributed by atoms with van der Waals surface area (Å²) in [6, 6.07) is 5.59. The van der Waals surface area contributed by atoms with Crippen LogP contribution in [0.4, 0.5) is 5.69 Å². The van der Waals surface area contributed by atoms with Crippen LogP contribution in [0.15, 0.2) is 24.4 Å². The molecule has 2 N–H and O–H groups in total. The van der Waals surface area contributed by atoms with Crippen LogP contribution in [-0.2, 0) is 0 Å². The summed E-state index contributed by atoms with van der Waals surface area (Å²) in [5, 5.41) is 12.1. The molecule has 4 nitrogen and oxygen atoms in total. The third-order valence-electron chi connectivity index (χ3n) is 2.91. The zero-order chi connectivity index (χ0) is 14.0. The summed E-state index contributed by atoms with van der Waals surface area (Å²) in [7, 11) is 0. The Hall–Kier alpha value is -1.88. The molecule has 2 rings (SSSR count). The van der Waals surface area contributed by atoms with Crippen molar-refractivity contribution in [3.8, 4) is 0 Å². The van der Waals surface area contributed by atoms with Gasteiger partial charge in [-0.25, -0.2) is 9.78 Å². The fourth-order valence-corrected chi connectivity index (χ4v) is 3.04. The fourth-order valence-electron chi connectivity index (χ4n) is 2.01. The average molecular weight is 276 g/mol. The molecular formula is C14H16N2O2S. The number of pyridine rings is 1. The van der Waals surface area contributed by atoms with Crippen molar-refractivity contribution in [1.29, 1.82) is 0 Å². The quantitative estimate of drug-likeness (QED) is 0.895. The molecule has 2 heterocycles. The van der Waals surface area contributed by atoms with Gasteiger partial charge in [0.2, 0.25) is 0 Å². The van der Waals surface area contributed by atoms with Crippen LogP contribution in [0, 0.1) is 13.8 Å². The molecule has 0 radical (unpaired) electrons. The highest BCUT2D eigenvalue weighted by molar-refractivity contribution is 7.12. The Morgan fingerprint density at radius 1 is 1.42 bits per heavy atom. The minimum atomic E-state index is -1.01. The van der Waals surface area contributed by atoms with E-state index in [9.17, 15) is 4.79 Å². The van der Waals surface area contributed by atoms with Crippen molar-refractivity contribution in [3.05, 3.63) is 45.4 Å². The second kappa shape index (κ2) is 5.40. The van der Waals surface area contributed by atoms with Crippen molar-refractivity contribution in [2.45, 2.75) is 26.8 Å². The lowest BCUT2D eigenvalue weighted by Crippen LogP contribution is -2.08. The van der Waals surface area contributed by atoms with Crippen LogP contribution in [-0.4, -0.2) is 16.1 Å². The first-order chi connectivity index (χ1) is 8.97. The average Bonchev–Trinajstić information content (AvgIpc) is 2.69. The Bertz CT molecular complexity index is 590. The molecule has 2 aromatic rings. The maximum absolute atomic E-state index is 10.7. The lowest BCUT2D eigenvalue weighted by atomic mass is 10.1. The van der Waals surface area contributed by atoms with Gasteiger partial charge in [0, 0.05) is 15.8 Å². The predicted octanol–water partition coefficient (Wildman–Crippen LogP) is 3.63. The molecule has 0 aliphatic rings. The molecular weight excluding hydrogens is 260 g/mol. The normalized spacial score (nSPS) is 12.2. The van der Waals surface area contributed by atoms with Crippen LogP contribution >= 0.6 is 11.3 Å². The first-order valence-electron chi connectivity index (χ1n) is 6.00. The Morgan fingerprint density at radius 2 is 2.16 bits per heavy atom. The smallest absolute Gasteiger partial charge is 0.354 e. The van der Waals surface area contributed by atoms with E-state index in [1.807, 2.05) is 0 Å². The van der Waals surface area contributed by atoms with E-state index in [-0.39, 0.29) is 11.7 Å². The molecule has 0 aliphatic heterocycles. The first kappa shape index (κ1) is 13.5. The molecule has 5 heteroatoms. The minimum absolute atomic E-state index is 0.0563. The summed E-state index contributed by atoms with van der Waals surface area (Å²) in [5.74, 6) is -1.01. The number of rotatable bonds is 4. The molecule has 0 saturated heterocycles. The largest absolute Gasteiger partial charge is 0.477 e. The highest BCUT2D eigenvalue weighted by Gasteiger charge is 2.11. The van der Waals surface area contributed by atoms with Gasteiger partial charge >= 0.3 is 5.97 Å². The number of nitrogens with zero attached hydrogens (tertiary/aromatic N) is 1. The molecule has 1 unspecified atom stereocenters. The van der Waals surface area contributed by atoms with Crippen LogP contribution in [0.5, 0.6) is 0 Å². The molecule has 0 fully saturated rings. The van der Waals surface area contributed by atoms with E-state index >= 15 is 0 Å². The van der Waals surface area contributed by atoms with Crippen LogP contribution in [0.25, 0.3) is 0 Å². The van der Waals surface area contributed by atoms with Crippen molar-refractivity contribution in [3.63, 3.8) is 0 Å². The monoisotopic (exact) mass is 276 g/mol. The molecule has 2 aromatic heterocycles. The van der Waals surface area contributed by atoms with Crippen molar-refractivity contribution >= 4 is 23.0 Å². The number of aryl methyl sites for hydroxylation is 2. The van der Waals surface area contributed by atoms with E-state index < -0.39 is 5.97 Å². The Morgan fingerprint density at radius 3 is 2.63 bits per heavy atom. The number of carbonyl (C=O) groups is 1. The van der Waals surface area contributed by atoms with Crippen LogP contribution < -0.4 is 5.32 Å². The molecule has 0 aliphatic carbocycles. The molecule has 19 heavy (non-hydrogen) atoms. The number of hydrogen-bond donors (Lipinski definition) is 2. The second-order valence-electron chi connectivity index (χ2n) is 4.47. The number of nitrogens with one attached hydrogen (secondary N) is 1. The standard InChI is InChI=1S/C14H16N2O2S/c1-8-6-12(10(3)19-8)9(2)16-11-4-5-13(14(17)18)15-7-11/h4-7,9,16H,1-3H3,(H,17,18). The van der Waals surface area contributed by atoms with E-state index in [2.05, 4.69) is 37.1 Å². The number of aromatic nitrogens is 1. The third-order valence-corrected chi connectivity index (χ3v) is 3.89. The fraction of sp³-hybridized carbons (Fsp3) is 0.286. The zero-order valence-electron chi connectivity index (χ0n) is 11.1. The maximum atomic E-state index is 10.7. The summed E-state index contributed by atoms with van der Waals surface area (Å²) < 4.78 is 0. The van der Waals surface area contributed by atoms with Crippen molar-refractivity contribution in [1.82, 2.24) is 4.98 Å². The molecule has 0 bridgehead atoms. The molecule has 0 amide bonds. The topological polar surface area (TPSA) is 62.2 Å². The first-order valence-corrected chi connectivity index (χ1v) is 6.82. The third kappa shape index (κ3) is 3.12. The number of anilines is 1. The van der Waals surface area contributed by atoms with Crippen LogP contribution in [0.2, 0.25) is 0 Å². The Kier molecular flexibility index (Phi) is 3.85. The number of carboxylic acids is 1. The Labute approximate surface area is 116 Å². The number of carboxylic acid groups (broad SMARTS) is 1. The van der Waals surface area contributed by atoms with Gasteiger partial charge in [0.15, 0.2) is 0 Å². The number of aromatic carboxylic acids is 1. The van der Waals surface area contributed by atoms with Gasteiger partial charge in [-0.3, -0.25) is 0 Å². The molecule has 100 valence electrons. The summed E-state index contributed by atoms with van der Waals surface area (Å²) in [6.07, 6.45) is 1.55. The predicted molar refractivity (Wildman–Crippen MR) is 77.0 cm³/mol. The zero-order valence-corrected chi connectivity index (χ0v) is 11.9. The lowest BCUT2D eigenvalue weighted by molar-refractivity contribution is 0.0690. The van der Waals surface area contributed by atoms with Gasteiger partial charge in [0.25, 0.3) is 0 Å². The lowest BCUT2D eigenvalue weighted by Gasteiger charge is -2.15. The number of thiophene rings is 1. The summed E-state index contributed by atoms with van der Waals surface area (Å²) in [5.41, 5.74) is 2.14. The van der Waals surface area contributed by atoms with E-state index in [0.29, 0.717) is 0 Å². The highest BCUT2D eigenvalue weighted by Crippen LogP contribution is 2.28. The van der Waals surface area contributed by atoms with Gasteiger partial charge in [-0.1, -0.05) is 0 Å². The summed E-state index contributed by atoms with van der Waals surface area (Å²) >= 11 is 1.78. The van der Waals surface area contributed by atoms with Gasteiger partial charge in [0.05, 0.1) is 11.9 Å². The molecule has 0 saturated carbocycles.